The van der Waals surface area contributed by atoms with Gasteiger partial charge in [-0.1, -0.05) is 259 Å². The molecule has 3 aliphatic heterocycles. The zero-order valence-electron chi connectivity index (χ0n) is 58.6. The monoisotopic (exact) mass is 1380 g/mol. The van der Waals surface area contributed by atoms with Crippen molar-refractivity contribution in [1.82, 2.24) is 29.9 Å². The number of hydrogen-bond donors (Lipinski definition) is 0. The summed E-state index contributed by atoms with van der Waals surface area (Å²) in [6, 6.07) is 91.0. The molecule has 0 N–H and O–H groups in total. The third-order valence-electron chi connectivity index (χ3n) is 19.8. The maximum atomic E-state index is 6.25. The Morgan fingerprint density at radius 3 is 0.750 bits per heavy atom. The summed E-state index contributed by atoms with van der Waals surface area (Å²) in [6.07, 6.45) is 0. The summed E-state index contributed by atoms with van der Waals surface area (Å²) in [7, 11) is -1.34. The Labute approximate surface area is 597 Å². The molecule has 0 saturated carbocycles. The van der Waals surface area contributed by atoms with E-state index >= 15 is 0 Å². The van der Waals surface area contributed by atoms with E-state index in [1.807, 2.05) is 140 Å². The van der Waals surface area contributed by atoms with Crippen molar-refractivity contribution in [3.8, 4) is 113 Å². The van der Waals surface area contributed by atoms with Crippen LogP contribution >= 0.6 is 15.9 Å². The van der Waals surface area contributed by atoms with Gasteiger partial charge in [0.1, 0.15) is 0 Å². The minimum Gasteiger partial charge on any atom is -0.405 e. The molecule has 3 fully saturated rings. The van der Waals surface area contributed by atoms with Crippen molar-refractivity contribution < 1.29 is 27.9 Å². The van der Waals surface area contributed by atoms with Crippen molar-refractivity contribution in [3.63, 3.8) is 0 Å². The van der Waals surface area contributed by atoms with Crippen LogP contribution in [0.5, 0.6) is 0 Å². The molecule has 0 spiro atoms. The Morgan fingerprint density at radius 1 is 0.220 bits per heavy atom. The van der Waals surface area contributed by atoms with Gasteiger partial charge in [0.25, 0.3) is 0 Å². The molecule has 12 aromatic rings. The highest BCUT2D eigenvalue weighted by Gasteiger charge is 2.64. The molecular formula is C84H80B3BrN6O6. The van der Waals surface area contributed by atoms with Gasteiger partial charge in [0.15, 0.2) is 34.9 Å². The standard InChI is InChI=1S/C39H34BN3O2.C33H22BrN3.C12H24B2O4/c1-38(2)39(3,4)45-40(44-38)34-24-22-29(23-25-34)32-16-11-17-33(26-32)37-42-35(30-14-9-6-10-15-30)41-36(43-37)31-20-18-28(19-21-31)27-12-7-5-8-13-27;34-30-20-18-25(19-21-30)28-12-7-13-29(22-28)33-36-31(26-10-5-2-6-11-26)35-32(37-33)27-16-14-24(15-17-27)23-8-3-1-4-9-23;1-9(2)10(3,4)16-13(15-9)14-17-11(5,6)12(7,8)18-14/h5-26H,1-4H3;1-22H;1-8H3. The predicted molar refractivity (Wildman–Crippen MR) is 410 cm³/mol. The van der Waals surface area contributed by atoms with Crippen molar-refractivity contribution in [2.45, 2.75) is 117 Å². The van der Waals surface area contributed by atoms with Gasteiger partial charge in [-0.3, -0.25) is 0 Å². The van der Waals surface area contributed by atoms with Crippen molar-refractivity contribution in [2.24, 2.45) is 0 Å². The number of rotatable bonds is 12. The number of benzene rings is 10. The zero-order valence-corrected chi connectivity index (χ0v) is 60.2. The molecule has 3 saturated heterocycles. The van der Waals surface area contributed by atoms with E-state index in [0.29, 0.717) is 34.9 Å². The molecule has 0 bridgehead atoms. The lowest BCUT2D eigenvalue weighted by atomic mass is 9.49. The Balaban J connectivity index is 0.000000146. The van der Waals surface area contributed by atoms with Crippen molar-refractivity contribution in [2.75, 3.05) is 0 Å². The Morgan fingerprint density at radius 2 is 0.430 bits per heavy atom. The summed E-state index contributed by atoms with van der Waals surface area (Å²) in [5, 5.41) is 0. The average Bonchev–Trinajstić information content (AvgIpc) is 1.58. The quantitative estimate of drug-likeness (QED) is 0.108. The van der Waals surface area contributed by atoms with Crippen LogP contribution in [-0.4, -0.2) is 84.6 Å². The summed E-state index contributed by atoms with van der Waals surface area (Å²) in [5.74, 6) is 3.85. The lowest BCUT2D eigenvalue weighted by Gasteiger charge is -2.32. The summed E-state index contributed by atoms with van der Waals surface area (Å²) in [5.41, 5.74) is 13.5. The van der Waals surface area contributed by atoms with E-state index in [2.05, 4.69) is 226 Å². The minimum absolute atomic E-state index is 0.360. The molecular weight excluding hydrogens is 1300 g/mol. The van der Waals surface area contributed by atoms with Crippen LogP contribution in [0, 0.1) is 0 Å². The van der Waals surface area contributed by atoms with E-state index < -0.39 is 21.1 Å². The fraction of sp³-hybridized carbons (Fsp3) is 0.214. The summed E-state index contributed by atoms with van der Waals surface area (Å²) in [4.78, 5) is 29.5. The number of aromatic nitrogens is 6. The molecule has 100 heavy (non-hydrogen) atoms. The lowest BCUT2D eigenvalue weighted by molar-refractivity contribution is 0.00578. The Kier molecular flexibility index (Phi) is 19.6. The normalized spacial score (nSPS) is 16.6. The highest BCUT2D eigenvalue weighted by molar-refractivity contribution is 9.10. The molecule has 0 aliphatic carbocycles. The van der Waals surface area contributed by atoms with Gasteiger partial charge < -0.3 is 27.9 Å². The Hall–Kier alpha value is -9.35. The summed E-state index contributed by atoms with van der Waals surface area (Å²) in [6.45, 7) is 24.5. The first-order chi connectivity index (χ1) is 47.9. The van der Waals surface area contributed by atoms with Gasteiger partial charge in [-0.15, -0.1) is 0 Å². The van der Waals surface area contributed by atoms with Crippen LogP contribution < -0.4 is 5.46 Å². The van der Waals surface area contributed by atoms with Gasteiger partial charge in [0, 0.05) is 37.9 Å². The van der Waals surface area contributed by atoms with Gasteiger partial charge in [-0.2, -0.15) is 0 Å². The van der Waals surface area contributed by atoms with Crippen LogP contribution in [-0.2, 0) is 27.9 Å². The third-order valence-corrected chi connectivity index (χ3v) is 20.3. The molecule has 0 radical (unpaired) electrons. The summed E-state index contributed by atoms with van der Waals surface area (Å²) >= 11 is 3.52. The van der Waals surface area contributed by atoms with Crippen LogP contribution in [0.3, 0.4) is 0 Å². The first-order valence-corrected chi connectivity index (χ1v) is 34.7. The highest BCUT2D eigenvalue weighted by atomic mass is 79.9. The summed E-state index contributed by atoms with van der Waals surface area (Å²) < 4.78 is 37.4. The van der Waals surface area contributed by atoms with Gasteiger partial charge >= 0.3 is 21.1 Å². The van der Waals surface area contributed by atoms with E-state index in [-0.39, 0.29) is 33.6 Å². The van der Waals surface area contributed by atoms with E-state index in [1.165, 1.54) is 11.1 Å². The van der Waals surface area contributed by atoms with Gasteiger partial charge in [0.05, 0.1) is 33.6 Å². The van der Waals surface area contributed by atoms with E-state index in [9.17, 15) is 0 Å². The molecule has 5 heterocycles. The van der Waals surface area contributed by atoms with Crippen molar-refractivity contribution in [3.05, 3.63) is 271 Å². The fourth-order valence-electron chi connectivity index (χ4n) is 11.7. The van der Waals surface area contributed by atoms with Crippen molar-refractivity contribution >= 4 is 42.5 Å². The fourth-order valence-corrected chi connectivity index (χ4v) is 12.0. The van der Waals surface area contributed by atoms with E-state index in [0.717, 1.165) is 76.7 Å². The molecule has 12 nitrogen and oxygen atoms in total. The van der Waals surface area contributed by atoms with Crippen LogP contribution in [0.4, 0.5) is 0 Å². The molecule has 16 heteroatoms. The van der Waals surface area contributed by atoms with E-state index in [1.54, 1.807) is 0 Å². The van der Waals surface area contributed by atoms with E-state index in [4.69, 9.17) is 57.8 Å². The molecule has 0 atom stereocenters. The highest BCUT2D eigenvalue weighted by Crippen LogP contribution is 2.44. The zero-order chi connectivity index (χ0) is 70.0. The first kappa shape index (κ1) is 69.1. The molecule has 0 unspecified atom stereocenters. The smallest absolute Gasteiger partial charge is 0.405 e. The Bertz CT molecular complexity index is 4720. The van der Waals surface area contributed by atoms with Crippen molar-refractivity contribution in [1.29, 1.82) is 0 Å². The number of hydrogen-bond acceptors (Lipinski definition) is 12. The predicted octanol–water partition coefficient (Wildman–Crippen LogP) is 19.7. The lowest BCUT2D eigenvalue weighted by Crippen LogP contribution is -2.41. The molecule has 3 aliphatic rings. The van der Waals surface area contributed by atoms with Crippen LogP contribution in [0.2, 0.25) is 0 Å². The molecule has 498 valence electrons. The SMILES string of the molecule is Brc1ccc(-c2cccc(-c3nc(-c4ccccc4)nc(-c4ccc(-c5ccccc5)cc4)n3)c2)cc1.CC1(C)OB(B2OC(C)(C)C(C)(C)O2)OC1(C)C.CC1(C)OB(c2ccc(-c3cccc(-c4nc(-c5ccccc5)nc(-c5ccc(-c6ccccc6)cc5)n4)c3)cc2)OC1(C)C. The van der Waals surface area contributed by atoms with Crippen LogP contribution in [0.25, 0.3) is 113 Å². The molecule has 0 amide bonds. The van der Waals surface area contributed by atoms with Crippen LogP contribution in [0.15, 0.2) is 271 Å². The topological polar surface area (TPSA) is 133 Å². The molecule has 2 aromatic heterocycles. The third kappa shape index (κ3) is 15.2. The van der Waals surface area contributed by atoms with Crippen LogP contribution in [0.1, 0.15) is 83.1 Å². The number of nitrogens with zero attached hydrogens (tertiary/aromatic N) is 6. The van der Waals surface area contributed by atoms with Gasteiger partial charge in [0.2, 0.25) is 0 Å². The maximum Gasteiger partial charge on any atom is 0.494 e. The second kappa shape index (κ2) is 28.4. The average molecular weight is 1380 g/mol. The number of halogens is 1. The molecule has 10 aromatic carbocycles. The van der Waals surface area contributed by atoms with Gasteiger partial charge in [-0.05, 0) is 157 Å². The maximum absolute atomic E-state index is 6.25. The second-order valence-electron chi connectivity index (χ2n) is 28.4. The largest absolute Gasteiger partial charge is 0.494 e. The minimum atomic E-state index is -0.476. The second-order valence-corrected chi connectivity index (χ2v) is 29.3. The first-order valence-electron chi connectivity index (χ1n) is 34.0. The molecule has 15 rings (SSSR count). The van der Waals surface area contributed by atoms with Gasteiger partial charge in [-0.25, -0.2) is 29.9 Å².